The Hall–Kier alpha value is -3.41. The van der Waals surface area contributed by atoms with Gasteiger partial charge in [0.05, 0.1) is 0 Å². The summed E-state index contributed by atoms with van der Waals surface area (Å²) in [6, 6.07) is 9.05. The Balaban J connectivity index is 1.15. The monoisotopic (exact) mass is 568 g/mol. The van der Waals surface area contributed by atoms with E-state index in [1.165, 1.54) is 18.3 Å². The van der Waals surface area contributed by atoms with E-state index in [0.717, 1.165) is 26.2 Å². The highest BCUT2D eigenvalue weighted by molar-refractivity contribution is 6.20. The first-order valence-electron chi connectivity index (χ1n) is 12.4. The first-order chi connectivity index (χ1) is 18.3. The maximum absolute atomic E-state index is 13.6. The lowest BCUT2D eigenvalue weighted by Gasteiger charge is -2.52. The van der Waals surface area contributed by atoms with Crippen molar-refractivity contribution in [2.45, 2.75) is 62.4 Å². The molecule has 0 atom stereocenters. The third kappa shape index (κ3) is 6.10. The lowest BCUT2D eigenvalue weighted by molar-refractivity contribution is -0.0964. The van der Waals surface area contributed by atoms with Gasteiger partial charge in [-0.25, -0.2) is 9.78 Å². The highest BCUT2D eigenvalue weighted by Crippen LogP contribution is 2.57. The fourth-order valence-corrected chi connectivity index (χ4v) is 5.45. The number of amides is 1. The van der Waals surface area contributed by atoms with Crippen LogP contribution < -0.4 is 14.8 Å². The molecule has 2 bridgehead atoms. The van der Waals surface area contributed by atoms with Crippen LogP contribution in [0.25, 0.3) is 11.1 Å². The molecular formula is C26H25ClF4N4O4. The van der Waals surface area contributed by atoms with E-state index in [9.17, 15) is 22.4 Å². The van der Waals surface area contributed by atoms with Crippen LogP contribution in [0.15, 0.2) is 47.1 Å². The van der Waals surface area contributed by atoms with Crippen LogP contribution >= 0.6 is 11.6 Å². The smallest absolute Gasteiger partial charge is 0.420 e. The zero-order valence-electron chi connectivity index (χ0n) is 20.9. The van der Waals surface area contributed by atoms with Crippen molar-refractivity contribution in [2.24, 2.45) is 5.41 Å². The van der Waals surface area contributed by atoms with Gasteiger partial charge in [0.1, 0.15) is 5.75 Å². The molecule has 8 nitrogen and oxygen atoms in total. The van der Waals surface area contributed by atoms with Crippen molar-refractivity contribution in [1.82, 2.24) is 20.4 Å². The number of carbonyl (C=O) groups is 1. The van der Waals surface area contributed by atoms with E-state index in [4.69, 9.17) is 20.9 Å². The molecule has 208 valence electrons. The molecule has 3 aromatic rings. The van der Waals surface area contributed by atoms with Crippen LogP contribution in [0.2, 0.25) is 0 Å². The predicted molar refractivity (Wildman–Crippen MR) is 131 cm³/mol. The minimum absolute atomic E-state index is 0.0714. The number of hydrogen-bond donors (Lipinski definition) is 1. The van der Waals surface area contributed by atoms with Gasteiger partial charge < -0.3 is 19.3 Å². The Morgan fingerprint density at radius 1 is 1.05 bits per heavy atom. The molecule has 3 fully saturated rings. The molecule has 0 aliphatic heterocycles. The van der Waals surface area contributed by atoms with E-state index in [2.05, 4.69) is 25.2 Å². The SMILES string of the molecule is CC(F)(F)c1nc(C23CCC(CNC(=O)Oc4cc(-c5ccc(OC(F)(F)Cl)cc5)ccn4)(CC2)CC3)no1. The number of nitrogens with zero attached hydrogens (tertiary/aromatic N) is 3. The minimum Gasteiger partial charge on any atom is -0.420 e. The first-order valence-corrected chi connectivity index (χ1v) is 12.7. The third-order valence-electron chi connectivity index (χ3n) is 7.64. The summed E-state index contributed by atoms with van der Waals surface area (Å²) in [5.74, 6) is -3.54. The number of pyridine rings is 1. The standard InChI is InChI=1S/C26H25ClF4N4O4/c1-23(28,29)21-34-20(35-39-21)25-10-7-24(8-11-25,9-12-25)15-33-22(36)37-19-14-17(6-13-32-19)16-2-4-18(5-3-16)38-26(27,30)31/h2-6,13-14H,7-12,15H2,1H3,(H,33,36). The molecule has 6 rings (SSSR count). The van der Waals surface area contributed by atoms with E-state index in [0.29, 0.717) is 42.8 Å². The van der Waals surface area contributed by atoms with Crippen LogP contribution in [-0.2, 0) is 11.3 Å². The second-order valence-corrected chi connectivity index (χ2v) is 10.7. The molecule has 0 unspecified atom stereocenters. The number of halogens is 5. The summed E-state index contributed by atoms with van der Waals surface area (Å²) < 4.78 is 67.2. The van der Waals surface area contributed by atoms with Crippen molar-refractivity contribution in [3.63, 3.8) is 0 Å². The quantitative estimate of drug-likeness (QED) is 0.236. The van der Waals surface area contributed by atoms with E-state index < -0.39 is 23.5 Å². The van der Waals surface area contributed by atoms with Gasteiger partial charge in [0.15, 0.2) is 5.82 Å². The van der Waals surface area contributed by atoms with E-state index in [1.807, 2.05) is 0 Å². The molecule has 0 radical (unpaired) electrons. The molecule has 0 saturated heterocycles. The Kier molecular flexibility index (Phi) is 6.94. The lowest BCUT2D eigenvalue weighted by atomic mass is 9.53. The second-order valence-electron chi connectivity index (χ2n) is 10.3. The van der Waals surface area contributed by atoms with Crippen LogP contribution in [0.1, 0.15) is 57.2 Å². The second kappa shape index (κ2) is 9.96. The van der Waals surface area contributed by atoms with Crippen molar-refractivity contribution in [1.29, 1.82) is 0 Å². The zero-order chi connectivity index (χ0) is 27.9. The molecule has 3 aliphatic carbocycles. The summed E-state index contributed by atoms with van der Waals surface area (Å²) in [5, 5.41) is 6.69. The number of benzene rings is 1. The summed E-state index contributed by atoms with van der Waals surface area (Å²) in [6.45, 7) is 1.13. The molecule has 2 aromatic heterocycles. The molecule has 1 N–H and O–H groups in total. The van der Waals surface area contributed by atoms with Gasteiger partial charge in [0.2, 0.25) is 5.88 Å². The number of aromatic nitrogens is 3. The number of carbonyl (C=O) groups excluding carboxylic acids is 1. The van der Waals surface area contributed by atoms with Gasteiger partial charge in [-0.3, -0.25) is 0 Å². The van der Waals surface area contributed by atoms with Gasteiger partial charge >= 0.3 is 17.6 Å². The Bertz CT molecular complexity index is 1320. The van der Waals surface area contributed by atoms with Gasteiger partial charge in [-0.2, -0.15) is 13.8 Å². The van der Waals surface area contributed by atoms with Gasteiger partial charge in [-0.15, -0.1) is 8.78 Å². The molecule has 3 aliphatic rings. The molecule has 0 spiro atoms. The van der Waals surface area contributed by atoms with Crippen LogP contribution in [0.3, 0.4) is 0 Å². The van der Waals surface area contributed by atoms with Gasteiger partial charge in [0.25, 0.3) is 5.89 Å². The Morgan fingerprint density at radius 3 is 2.31 bits per heavy atom. The van der Waals surface area contributed by atoms with Gasteiger partial charge in [-0.05, 0) is 73.3 Å². The number of rotatable bonds is 8. The van der Waals surface area contributed by atoms with Crippen molar-refractivity contribution < 1.29 is 36.4 Å². The van der Waals surface area contributed by atoms with Crippen molar-refractivity contribution in [2.75, 3.05) is 6.54 Å². The summed E-state index contributed by atoms with van der Waals surface area (Å²) in [7, 11) is 0. The highest BCUT2D eigenvalue weighted by atomic mass is 35.5. The van der Waals surface area contributed by atoms with E-state index in [1.54, 1.807) is 24.3 Å². The average Bonchev–Trinajstić information content (AvgIpc) is 3.41. The number of fused-ring (bicyclic) bond motifs is 3. The molecule has 2 heterocycles. The largest absolute Gasteiger partial charge is 0.487 e. The minimum atomic E-state index is -3.81. The fourth-order valence-electron chi connectivity index (χ4n) is 5.37. The van der Waals surface area contributed by atoms with Gasteiger partial charge in [-0.1, -0.05) is 17.3 Å². The fraction of sp³-hybridized carbons (Fsp3) is 0.462. The van der Waals surface area contributed by atoms with Crippen molar-refractivity contribution in [3.05, 3.63) is 54.3 Å². The highest BCUT2D eigenvalue weighted by Gasteiger charge is 2.52. The van der Waals surface area contributed by atoms with Crippen LogP contribution in [0, 0.1) is 5.41 Å². The summed E-state index contributed by atoms with van der Waals surface area (Å²) in [5.41, 5.74) is -3.00. The maximum Gasteiger partial charge on any atom is 0.487 e. The number of ether oxygens (including phenoxy) is 2. The van der Waals surface area contributed by atoms with Crippen molar-refractivity contribution >= 4 is 17.7 Å². The first kappa shape index (κ1) is 27.2. The zero-order valence-corrected chi connectivity index (χ0v) is 21.6. The maximum atomic E-state index is 13.6. The molecule has 1 amide bonds. The third-order valence-corrected chi connectivity index (χ3v) is 7.72. The number of nitrogens with one attached hydrogen (secondary N) is 1. The Labute approximate surface area is 226 Å². The topological polar surface area (TPSA) is 99.4 Å². The van der Waals surface area contributed by atoms with Crippen LogP contribution in [0.4, 0.5) is 22.4 Å². The average molecular weight is 569 g/mol. The summed E-state index contributed by atoms with van der Waals surface area (Å²) >= 11 is 4.79. The number of alkyl halides is 5. The van der Waals surface area contributed by atoms with Gasteiger partial charge in [0, 0.05) is 42.7 Å². The normalized spacial score (nSPS) is 22.9. The molecule has 3 saturated carbocycles. The van der Waals surface area contributed by atoms with Crippen LogP contribution in [0.5, 0.6) is 11.6 Å². The predicted octanol–water partition coefficient (Wildman–Crippen LogP) is 6.79. The molecular weight excluding hydrogens is 544 g/mol. The Morgan fingerprint density at radius 2 is 1.72 bits per heavy atom. The van der Waals surface area contributed by atoms with E-state index in [-0.39, 0.29) is 22.5 Å². The summed E-state index contributed by atoms with van der Waals surface area (Å²) in [6.07, 6.45) is 5.30. The van der Waals surface area contributed by atoms with Crippen LogP contribution in [-0.4, -0.2) is 33.3 Å². The molecule has 39 heavy (non-hydrogen) atoms. The van der Waals surface area contributed by atoms with E-state index >= 15 is 0 Å². The molecule has 1 aromatic carbocycles. The lowest BCUT2D eigenvalue weighted by Crippen LogP contribution is -2.50. The number of hydrogen-bond acceptors (Lipinski definition) is 7. The van der Waals surface area contributed by atoms with Crippen molar-refractivity contribution in [3.8, 4) is 22.8 Å². The summed E-state index contributed by atoms with van der Waals surface area (Å²) in [4.78, 5) is 20.6. The molecule has 13 heteroatoms.